The zero-order valence-corrected chi connectivity index (χ0v) is 11.8. The first-order valence-corrected chi connectivity index (χ1v) is 6.17. The van der Waals surface area contributed by atoms with E-state index in [0.717, 1.165) is 11.3 Å². The van der Waals surface area contributed by atoms with Gasteiger partial charge in [0.25, 0.3) is 0 Å². The molecule has 0 aliphatic carbocycles. The molecule has 1 unspecified atom stereocenters. The van der Waals surface area contributed by atoms with Crippen molar-refractivity contribution >= 4 is 12.0 Å². The second-order valence-corrected chi connectivity index (χ2v) is 5.08. The Balaban J connectivity index is 2.46. The Morgan fingerprint density at radius 1 is 1.50 bits per heavy atom. The lowest BCUT2D eigenvalue weighted by Crippen LogP contribution is -2.46. The number of amides is 2. The normalized spacial score (nSPS) is 13.6. The van der Waals surface area contributed by atoms with E-state index in [0.29, 0.717) is 6.54 Å². The third-order valence-electron chi connectivity index (χ3n) is 2.87. The summed E-state index contributed by atoms with van der Waals surface area (Å²) >= 11 is 0. The molecule has 1 aromatic heterocycles. The number of aliphatic carboxylic acids is 1. The monoisotopic (exact) mass is 284 g/mol. The molecule has 0 aliphatic rings. The SMILES string of the molecule is Cc1occc1CN(C)C(=O)NCC(C)(O)CC(=O)O. The number of rotatable bonds is 6. The Kier molecular flexibility index (Phi) is 5.15. The van der Waals surface area contributed by atoms with Gasteiger partial charge in [0, 0.05) is 19.2 Å². The molecule has 0 saturated heterocycles. The molecule has 7 nitrogen and oxygen atoms in total. The molecule has 0 saturated carbocycles. The first-order chi connectivity index (χ1) is 9.21. The molecular formula is C13H20N2O5. The highest BCUT2D eigenvalue weighted by atomic mass is 16.4. The van der Waals surface area contributed by atoms with Crippen LogP contribution in [-0.2, 0) is 11.3 Å². The quantitative estimate of drug-likeness (QED) is 0.722. The third kappa shape index (κ3) is 4.93. The smallest absolute Gasteiger partial charge is 0.317 e. The number of carboxylic acid groups (broad SMARTS) is 1. The number of hydrogen-bond donors (Lipinski definition) is 3. The number of furan rings is 1. The Morgan fingerprint density at radius 2 is 2.15 bits per heavy atom. The van der Waals surface area contributed by atoms with Crippen LogP contribution in [0.1, 0.15) is 24.7 Å². The second-order valence-electron chi connectivity index (χ2n) is 5.08. The summed E-state index contributed by atoms with van der Waals surface area (Å²) in [5, 5.41) is 20.9. The minimum absolute atomic E-state index is 0.132. The number of aliphatic hydroxyl groups is 1. The fraction of sp³-hybridized carbons (Fsp3) is 0.538. The Bertz CT molecular complexity index is 481. The maximum atomic E-state index is 11.8. The molecule has 1 aromatic rings. The average Bonchev–Trinajstić information content (AvgIpc) is 2.70. The average molecular weight is 284 g/mol. The molecule has 2 amide bonds. The molecule has 0 aromatic carbocycles. The number of nitrogens with one attached hydrogen (secondary N) is 1. The molecule has 0 radical (unpaired) electrons. The topological polar surface area (TPSA) is 103 Å². The van der Waals surface area contributed by atoms with Crippen molar-refractivity contribution < 1.29 is 24.2 Å². The molecule has 1 rings (SSSR count). The third-order valence-corrected chi connectivity index (χ3v) is 2.87. The summed E-state index contributed by atoms with van der Waals surface area (Å²) in [5.74, 6) is -0.380. The van der Waals surface area contributed by atoms with Crippen LogP contribution in [0.5, 0.6) is 0 Å². The van der Waals surface area contributed by atoms with Crippen molar-refractivity contribution in [2.24, 2.45) is 0 Å². The van der Waals surface area contributed by atoms with E-state index in [2.05, 4.69) is 5.32 Å². The predicted octanol–water partition coefficient (Wildman–Crippen LogP) is 0.955. The van der Waals surface area contributed by atoms with Crippen LogP contribution in [0.2, 0.25) is 0 Å². The highest BCUT2D eigenvalue weighted by molar-refractivity contribution is 5.74. The Morgan fingerprint density at radius 3 is 2.65 bits per heavy atom. The highest BCUT2D eigenvalue weighted by Gasteiger charge is 2.25. The van der Waals surface area contributed by atoms with Crippen LogP contribution in [0, 0.1) is 6.92 Å². The van der Waals surface area contributed by atoms with E-state index in [1.807, 2.05) is 0 Å². The van der Waals surface area contributed by atoms with Crippen LogP contribution in [-0.4, -0.2) is 46.3 Å². The van der Waals surface area contributed by atoms with Gasteiger partial charge >= 0.3 is 12.0 Å². The van der Waals surface area contributed by atoms with Crippen LogP contribution >= 0.6 is 0 Å². The van der Waals surface area contributed by atoms with E-state index >= 15 is 0 Å². The summed E-state index contributed by atoms with van der Waals surface area (Å²) in [4.78, 5) is 23.8. The van der Waals surface area contributed by atoms with Gasteiger partial charge in [-0.05, 0) is 19.9 Å². The summed E-state index contributed by atoms with van der Waals surface area (Å²) in [6.07, 6.45) is 1.12. The molecular weight excluding hydrogens is 264 g/mol. The second kappa shape index (κ2) is 6.42. The Labute approximate surface area is 117 Å². The zero-order valence-electron chi connectivity index (χ0n) is 11.8. The summed E-state index contributed by atoms with van der Waals surface area (Å²) in [6, 6.07) is 1.39. The number of nitrogens with zero attached hydrogens (tertiary/aromatic N) is 1. The molecule has 1 heterocycles. The minimum Gasteiger partial charge on any atom is -0.481 e. The van der Waals surface area contributed by atoms with Gasteiger partial charge < -0.3 is 24.8 Å². The number of carbonyl (C=O) groups is 2. The molecule has 1 atom stereocenters. The lowest BCUT2D eigenvalue weighted by atomic mass is 10.0. The van der Waals surface area contributed by atoms with Crippen molar-refractivity contribution in [2.75, 3.05) is 13.6 Å². The predicted molar refractivity (Wildman–Crippen MR) is 71.2 cm³/mol. The molecule has 0 bridgehead atoms. The first kappa shape index (κ1) is 16.0. The summed E-state index contributed by atoms with van der Waals surface area (Å²) < 4.78 is 5.14. The zero-order chi connectivity index (χ0) is 15.3. The molecule has 0 aliphatic heterocycles. The van der Waals surface area contributed by atoms with E-state index in [1.54, 1.807) is 26.3 Å². The molecule has 112 valence electrons. The van der Waals surface area contributed by atoms with Crippen molar-refractivity contribution in [3.63, 3.8) is 0 Å². The summed E-state index contributed by atoms with van der Waals surface area (Å²) in [6.45, 7) is 3.41. The maximum absolute atomic E-state index is 11.8. The molecule has 3 N–H and O–H groups in total. The number of carbonyl (C=O) groups excluding carboxylic acids is 1. The van der Waals surface area contributed by atoms with Crippen molar-refractivity contribution in [1.29, 1.82) is 0 Å². The van der Waals surface area contributed by atoms with Crippen LogP contribution in [0.15, 0.2) is 16.7 Å². The standard InChI is InChI=1S/C13H20N2O5/c1-9-10(4-5-20-9)7-15(3)12(18)14-8-13(2,19)6-11(16)17/h4-5,19H,6-8H2,1-3H3,(H,14,18)(H,16,17). The van der Waals surface area contributed by atoms with Crippen molar-refractivity contribution in [2.45, 2.75) is 32.4 Å². The fourth-order valence-electron chi connectivity index (χ4n) is 1.69. The van der Waals surface area contributed by atoms with E-state index < -0.39 is 24.0 Å². The number of carboxylic acids is 1. The minimum atomic E-state index is -1.48. The fourth-order valence-corrected chi connectivity index (χ4v) is 1.69. The number of urea groups is 1. The van der Waals surface area contributed by atoms with Gasteiger partial charge in [-0.1, -0.05) is 0 Å². The van der Waals surface area contributed by atoms with Gasteiger partial charge in [-0.2, -0.15) is 0 Å². The molecule has 20 heavy (non-hydrogen) atoms. The van der Waals surface area contributed by atoms with Crippen LogP contribution in [0.4, 0.5) is 4.79 Å². The first-order valence-electron chi connectivity index (χ1n) is 6.17. The van der Waals surface area contributed by atoms with Gasteiger partial charge in [-0.25, -0.2) is 4.79 Å². The van der Waals surface area contributed by atoms with E-state index in [-0.39, 0.29) is 6.54 Å². The lowest BCUT2D eigenvalue weighted by Gasteiger charge is -2.24. The Hall–Kier alpha value is -2.02. The van der Waals surface area contributed by atoms with Crippen molar-refractivity contribution in [3.05, 3.63) is 23.7 Å². The molecule has 0 fully saturated rings. The van der Waals surface area contributed by atoms with Gasteiger partial charge in [-0.3, -0.25) is 4.79 Å². The van der Waals surface area contributed by atoms with Crippen LogP contribution < -0.4 is 5.32 Å². The van der Waals surface area contributed by atoms with Crippen LogP contribution in [0.25, 0.3) is 0 Å². The number of aryl methyl sites for hydroxylation is 1. The largest absolute Gasteiger partial charge is 0.481 e. The van der Waals surface area contributed by atoms with Gasteiger partial charge in [0.2, 0.25) is 0 Å². The van der Waals surface area contributed by atoms with Crippen molar-refractivity contribution in [1.82, 2.24) is 10.2 Å². The lowest BCUT2D eigenvalue weighted by molar-refractivity contribution is -0.141. The maximum Gasteiger partial charge on any atom is 0.317 e. The van der Waals surface area contributed by atoms with Gasteiger partial charge in [0.05, 0.1) is 24.8 Å². The van der Waals surface area contributed by atoms with Gasteiger partial charge in [0.1, 0.15) is 5.76 Å². The molecule has 0 spiro atoms. The van der Waals surface area contributed by atoms with E-state index in [9.17, 15) is 14.7 Å². The van der Waals surface area contributed by atoms with E-state index in [4.69, 9.17) is 9.52 Å². The van der Waals surface area contributed by atoms with Gasteiger partial charge in [-0.15, -0.1) is 0 Å². The summed E-state index contributed by atoms with van der Waals surface area (Å²) in [7, 11) is 1.60. The van der Waals surface area contributed by atoms with E-state index in [1.165, 1.54) is 11.8 Å². The summed E-state index contributed by atoms with van der Waals surface area (Å²) in [5.41, 5.74) is -0.589. The van der Waals surface area contributed by atoms with Gasteiger partial charge in [0.15, 0.2) is 0 Å². The van der Waals surface area contributed by atoms with Crippen molar-refractivity contribution in [3.8, 4) is 0 Å². The molecule has 7 heteroatoms. The number of hydrogen-bond acceptors (Lipinski definition) is 4. The van der Waals surface area contributed by atoms with Crippen LogP contribution in [0.3, 0.4) is 0 Å². The highest BCUT2D eigenvalue weighted by Crippen LogP contribution is 2.11.